The molecule has 232 valence electrons. The predicted octanol–water partition coefficient (Wildman–Crippen LogP) is 4.75. The molecule has 0 bridgehead atoms. The highest BCUT2D eigenvalue weighted by Gasteiger charge is 2.22. The first kappa shape index (κ1) is 30.0. The molecule has 2 saturated heterocycles. The molecule has 2 fully saturated rings. The Morgan fingerprint density at radius 2 is 1.75 bits per heavy atom. The zero-order chi connectivity index (χ0) is 30.5. The van der Waals surface area contributed by atoms with Crippen LogP contribution < -0.4 is 21.3 Å². The quantitative estimate of drug-likeness (QED) is 0.207. The van der Waals surface area contributed by atoms with Crippen LogP contribution in [0.5, 0.6) is 0 Å². The van der Waals surface area contributed by atoms with Crippen molar-refractivity contribution in [2.75, 3.05) is 68.0 Å². The molecule has 0 saturated carbocycles. The van der Waals surface area contributed by atoms with Gasteiger partial charge >= 0.3 is 0 Å². The molecule has 1 aromatic heterocycles. The summed E-state index contributed by atoms with van der Waals surface area (Å²) in [4.78, 5) is 18.6. The number of piperazine rings is 1. The standard InChI is InChI=1S/C33H39F2N7O2/c34-24-17-23(18-25(35)20-24)16-22-2-5-30-29(19-22)32(40-39-30)38-33(43)28-4-3-27(21-31(28)37-26-6-14-44-15-7-26)42-12-10-41(11-13-42)9-1-8-36/h2-5,17-21,26,37H,1,6-16,36H2,(H2,38,39,40,43). The molecule has 1 amide bonds. The molecular formula is C33H39F2N7O2. The van der Waals surface area contributed by atoms with Crippen LogP contribution in [0, 0.1) is 11.6 Å². The fourth-order valence-corrected chi connectivity index (χ4v) is 6.04. The van der Waals surface area contributed by atoms with Gasteiger partial charge in [-0.3, -0.25) is 14.8 Å². The second-order valence-electron chi connectivity index (χ2n) is 11.6. The summed E-state index contributed by atoms with van der Waals surface area (Å²) in [7, 11) is 0. The van der Waals surface area contributed by atoms with Crippen LogP contribution in [0.25, 0.3) is 10.9 Å². The van der Waals surface area contributed by atoms with Crippen LogP contribution in [0.2, 0.25) is 0 Å². The summed E-state index contributed by atoms with van der Waals surface area (Å²) in [6, 6.07) is 15.3. The van der Waals surface area contributed by atoms with Gasteiger partial charge in [-0.15, -0.1) is 0 Å². The summed E-state index contributed by atoms with van der Waals surface area (Å²) in [6.45, 7) is 6.89. The lowest BCUT2D eigenvalue weighted by atomic mass is 10.0. The van der Waals surface area contributed by atoms with Crippen LogP contribution >= 0.6 is 0 Å². The highest BCUT2D eigenvalue weighted by atomic mass is 19.1. The smallest absolute Gasteiger partial charge is 0.258 e. The van der Waals surface area contributed by atoms with E-state index in [2.05, 4.69) is 36.7 Å². The Labute approximate surface area is 255 Å². The Kier molecular flexibility index (Phi) is 9.34. The molecule has 4 aromatic rings. The van der Waals surface area contributed by atoms with E-state index in [4.69, 9.17) is 10.5 Å². The van der Waals surface area contributed by atoms with E-state index in [-0.39, 0.29) is 11.9 Å². The van der Waals surface area contributed by atoms with Crippen molar-refractivity contribution in [1.82, 2.24) is 15.1 Å². The number of aromatic amines is 1. The first-order chi connectivity index (χ1) is 21.4. The average Bonchev–Trinajstić information content (AvgIpc) is 3.42. The van der Waals surface area contributed by atoms with E-state index in [0.29, 0.717) is 43.1 Å². The Hall–Kier alpha value is -4.06. The molecular weight excluding hydrogens is 564 g/mol. The fraction of sp³-hybridized carbons (Fsp3) is 0.394. The van der Waals surface area contributed by atoms with Crippen molar-refractivity contribution in [2.24, 2.45) is 5.73 Å². The number of hydrogen-bond acceptors (Lipinski definition) is 7. The number of nitrogens with zero attached hydrogens (tertiary/aromatic N) is 3. The molecule has 3 aromatic carbocycles. The summed E-state index contributed by atoms with van der Waals surface area (Å²) in [5.41, 5.74) is 10.2. The van der Waals surface area contributed by atoms with E-state index in [1.165, 1.54) is 12.1 Å². The van der Waals surface area contributed by atoms with Gasteiger partial charge in [-0.1, -0.05) is 6.07 Å². The maximum Gasteiger partial charge on any atom is 0.258 e. The van der Waals surface area contributed by atoms with E-state index in [9.17, 15) is 13.6 Å². The number of nitrogens with two attached hydrogens (primary N) is 1. The molecule has 3 heterocycles. The van der Waals surface area contributed by atoms with E-state index in [1.54, 1.807) is 0 Å². The van der Waals surface area contributed by atoms with Crippen LogP contribution in [0.15, 0.2) is 54.6 Å². The predicted molar refractivity (Wildman–Crippen MR) is 169 cm³/mol. The number of anilines is 3. The molecule has 9 nitrogen and oxygen atoms in total. The topological polar surface area (TPSA) is 112 Å². The van der Waals surface area contributed by atoms with Gasteiger partial charge in [0.25, 0.3) is 5.91 Å². The molecule has 11 heteroatoms. The molecule has 0 spiro atoms. The molecule has 0 aliphatic carbocycles. The number of carbonyl (C=O) groups excluding carboxylic acids is 1. The Morgan fingerprint density at radius 1 is 0.977 bits per heavy atom. The van der Waals surface area contributed by atoms with Crippen molar-refractivity contribution < 1.29 is 18.3 Å². The zero-order valence-electron chi connectivity index (χ0n) is 24.8. The summed E-state index contributed by atoms with van der Waals surface area (Å²) in [5.74, 6) is -1.10. The number of fused-ring (bicyclic) bond motifs is 1. The molecule has 0 atom stereocenters. The lowest BCUT2D eigenvalue weighted by molar-refractivity contribution is 0.0904. The lowest BCUT2D eigenvalue weighted by Crippen LogP contribution is -2.46. The highest BCUT2D eigenvalue weighted by Crippen LogP contribution is 2.29. The number of benzene rings is 3. The summed E-state index contributed by atoms with van der Waals surface area (Å²) in [6.07, 6.45) is 3.08. The van der Waals surface area contributed by atoms with Crippen molar-refractivity contribution >= 4 is 34.0 Å². The van der Waals surface area contributed by atoms with Gasteiger partial charge in [-0.05, 0) is 92.4 Å². The second-order valence-corrected chi connectivity index (χ2v) is 11.6. The van der Waals surface area contributed by atoms with Gasteiger partial charge in [0.1, 0.15) is 11.6 Å². The van der Waals surface area contributed by atoms with Crippen LogP contribution in [-0.4, -0.2) is 79.5 Å². The largest absolute Gasteiger partial charge is 0.381 e. The monoisotopic (exact) mass is 603 g/mol. The van der Waals surface area contributed by atoms with Gasteiger partial charge in [0, 0.05) is 68.3 Å². The maximum atomic E-state index is 13.8. The third kappa shape index (κ3) is 7.18. The SMILES string of the molecule is NCCCN1CCN(c2ccc(C(=O)Nc3n[nH]c4ccc(Cc5cc(F)cc(F)c5)cc34)c(NC3CCOCC3)c2)CC1. The third-order valence-electron chi connectivity index (χ3n) is 8.43. The summed E-state index contributed by atoms with van der Waals surface area (Å²) in [5, 5.41) is 14.7. The normalized spacial score (nSPS) is 16.4. The van der Waals surface area contributed by atoms with E-state index < -0.39 is 11.6 Å². The molecule has 5 N–H and O–H groups in total. The van der Waals surface area contributed by atoms with Crippen molar-refractivity contribution in [3.63, 3.8) is 0 Å². The van der Waals surface area contributed by atoms with Crippen molar-refractivity contribution in [2.45, 2.75) is 31.7 Å². The molecule has 6 rings (SSSR count). The van der Waals surface area contributed by atoms with Crippen LogP contribution in [0.1, 0.15) is 40.7 Å². The van der Waals surface area contributed by atoms with E-state index in [1.807, 2.05) is 30.3 Å². The third-order valence-corrected chi connectivity index (χ3v) is 8.43. The number of rotatable bonds is 10. The second kappa shape index (κ2) is 13.7. The minimum Gasteiger partial charge on any atom is -0.381 e. The van der Waals surface area contributed by atoms with Gasteiger partial charge < -0.3 is 26.0 Å². The molecule has 0 unspecified atom stereocenters. The number of hydrogen-bond donors (Lipinski definition) is 4. The number of carbonyl (C=O) groups is 1. The van der Waals surface area contributed by atoms with Gasteiger partial charge in [0.15, 0.2) is 5.82 Å². The van der Waals surface area contributed by atoms with Gasteiger partial charge in [-0.2, -0.15) is 5.10 Å². The van der Waals surface area contributed by atoms with Crippen LogP contribution in [-0.2, 0) is 11.2 Å². The zero-order valence-corrected chi connectivity index (χ0v) is 24.8. The lowest BCUT2D eigenvalue weighted by Gasteiger charge is -2.36. The Bertz CT molecular complexity index is 1580. The summed E-state index contributed by atoms with van der Waals surface area (Å²) < 4.78 is 33.0. The minimum atomic E-state index is -0.613. The average molecular weight is 604 g/mol. The van der Waals surface area contributed by atoms with E-state index >= 15 is 0 Å². The van der Waals surface area contributed by atoms with Crippen LogP contribution in [0.4, 0.5) is 26.0 Å². The van der Waals surface area contributed by atoms with Crippen LogP contribution in [0.3, 0.4) is 0 Å². The van der Waals surface area contributed by atoms with E-state index in [0.717, 1.165) is 85.9 Å². The number of halogens is 2. The Balaban J connectivity index is 1.22. The number of H-pyrrole nitrogens is 1. The fourth-order valence-electron chi connectivity index (χ4n) is 6.04. The number of nitrogens with one attached hydrogen (secondary N) is 3. The van der Waals surface area contributed by atoms with Gasteiger partial charge in [-0.25, -0.2) is 8.78 Å². The molecule has 44 heavy (non-hydrogen) atoms. The van der Waals surface area contributed by atoms with Gasteiger partial charge in [0.05, 0.1) is 11.1 Å². The summed E-state index contributed by atoms with van der Waals surface area (Å²) >= 11 is 0. The number of aromatic nitrogens is 2. The number of ether oxygens (including phenoxy) is 1. The van der Waals surface area contributed by atoms with Crippen molar-refractivity contribution in [3.8, 4) is 0 Å². The minimum absolute atomic E-state index is 0.208. The van der Waals surface area contributed by atoms with Gasteiger partial charge in [0.2, 0.25) is 0 Å². The first-order valence-corrected chi connectivity index (χ1v) is 15.3. The molecule has 0 radical (unpaired) electrons. The molecule has 2 aliphatic rings. The van der Waals surface area contributed by atoms with Crippen molar-refractivity contribution in [1.29, 1.82) is 0 Å². The molecule has 2 aliphatic heterocycles. The maximum absolute atomic E-state index is 13.8. The van der Waals surface area contributed by atoms with Crippen molar-refractivity contribution in [3.05, 3.63) is 82.9 Å². The Morgan fingerprint density at radius 3 is 2.50 bits per heavy atom. The first-order valence-electron chi connectivity index (χ1n) is 15.3. The highest BCUT2D eigenvalue weighted by molar-refractivity contribution is 6.11. The number of amides is 1.